The summed E-state index contributed by atoms with van der Waals surface area (Å²) in [6.45, 7) is 4.37. The van der Waals surface area contributed by atoms with Crippen LogP contribution in [0.15, 0.2) is 0 Å². The molecule has 6 nitrogen and oxygen atoms in total. The Hall–Kier alpha value is -1.59. The maximum Gasteiger partial charge on any atom is 0.305 e. The molecule has 1 aliphatic rings. The first-order chi connectivity index (χ1) is 10.4. The predicted octanol–water partition coefficient (Wildman–Crippen LogP) is 1.93. The van der Waals surface area contributed by atoms with Gasteiger partial charge in [0.1, 0.15) is 0 Å². The second-order valence-corrected chi connectivity index (χ2v) is 6.09. The molecule has 1 aliphatic heterocycles. The Morgan fingerprint density at radius 3 is 2.41 bits per heavy atom. The summed E-state index contributed by atoms with van der Waals surface area (Å²) in [6, 6.07) is 0. The van der Waals surface area contributed by atoms with Crippen LogP contribution in [-0.2, 0) is 14.4 Å². The molecule has 1 saturated heterocycles. The van der Waals surface area contributed by atoms with E-state index >= 15 is 0 Å². The second-order valence-electron chi connectivity index (χ2n) is 6.09. The molecular weight excluding hydrogens is 284 g/mol. The molecule has 2 amide bonds. The van der Waals surface area contributed by atoms with Gasteiger partial charge in [0.05, 0.1) is 18.5 Å². The molecule has 126 valence electrons. The molecule has 1 fully saturated rings. The van der Waals surface area contributed by atoms with Gasteiger partial charge in [-0.15, -0.1) is 0 Å². The third kappa shape index (κ3) is 5.66. The highest BCUT2D eigenvalue weighted by Gasteiger charge is 2.31. The van der Waals surface area contributed by atoms with Crippen LogP contribution in [0.5, 0.6) is 0 Å². The molecule has 0 spiro atoms. The summed E-state index contributed by atoms with van der Waals surface area (Å²) < 4.78 is 0. The number of likely N-dealkylation sites (tertiary alicyclic amines) is 1. The topological polar surface area (TPSA) is 86.7 Å². The van der Waals surface area contributed by atoms with Gasteiger partial charge in [-0.3, -0.25) is 14.4 Å². The number of carboxylic acids is 1. The highest BCUT2D eigenvalue weighted by Crippen LogP contribution is 2.20. The van der Waals surface area contributed by atoms with Crippen molar-refractivity contribution < 1.29 is 19.5 Å². The molecular formula is C16H28N2O4. The predicted molar refractivity (Wildman–Crippen MR) is 83.4 cm³/mol. The van der Waals surface area contributed by atoms with E-state index in [1.807, 2.05) is 13.8 Å². The van der Waals surface area contributed by atoms with Crippen LogP contribution >= 0.6 is 0 Å². The van der Waals surface area contributed by atoms with Gasteiger partial charge in [0.25, 0.3) is 0 Å². The Morgan fingerprint density at radius 1 is 1.18 bits per heavy atom. The molecule has 0 atom stereocenters. The van der Waals surface area contributed by atoms with Gasteiger partial charge in [-0.25, -0.2) is 0 Å². The number of nitrogens with zero attached hydrogens (tertiary/aromatic N) is 1. The standard InChI is InChI=1S/C16H28N2O4/c1-3-16(4-2,11-15(21)22)17-13(19)12-18-10-8-6-5-7-9-14(18)20/h3-12H2,1-2H3,(H,17,19)(H,21,22). The zero-order valence-electron chi connectivity index (χ0n) is 13.7. The zero-order chi connectivity index (χ0) is 16.6. The number of amides is 2. The van der Waals surface area contributed by atoms with Crippen molar-refractivity contribution in [3.05, 3.63) is 0 Å². The summed E-state index contributed by atoms with van der Waals surface area (Å²) in [6.07, 6.45) is 5.45. The quantitative estimate of drug-likeness (QED) is 0.752. The fraction of sp³-hybridized carbons (Fsp3) is 0.812. The van der Waals surface area contributed by atoms with E-state index in [0.717, 1.165) is 25.7 Å². The van der Waals surface area contributed by atoms with Gasteiger partial charge in [-0.1, -0.05) is 26.7 Å². The minimum atomic E-state index is -0.925. The Bertz CT molecular complexity index is 405. The molecule has 0 aromatic rings. The van der Waals surface area contributed by atoms with E-state index in [1.54, 1.807) is 4.90 Å². The van der Waals surface area contributed by atoms with E-state index in [-0.39, 0.29) is 24.8 Å². The maximum absolute atomic E-state index is 12.3. The van der Waals surface area contributed by atoms with Crippen LogP contribution in [0.3, 0.4) is 0 Å². The molecule has 6 heteroatoms. The molecule has 0 bridgehead atoms. The van der Waals surface area contributed by atoms with E-state index in [9.17, 15) is 14.4 Å². The van der Waals surface area contributed by atoms with Crippen LogP contribution in [0.2, 0.25) is 0 Å². The fourth-order valence-electron chi connectivity index (χ4n) is 2.90. The number of carbonyl (C=O) groups excluding carboxylic acids is 2. The minimum Gasteiger partial charge on any atom is -0.481 e. The summed E-state index contributed by atoms with van der Waals surface area (Å²) in [5.74, 6) is -1.17. The number of hydrogen-bond acceptors (Lipinski definition) is 3. The highest BCUT2D eigenvalue weighted by atomic mass is 16.4. The number of carbonyl (C=O) groups is 3. The number of rotatable bonds is 7. The van der Waals surface area contributed by atoms with Gasteiger partial charge in [0, 0.05) is 13.0 Å². The van der Waals surface area contributed by atoms with Crippen molar-refractivity contribution in [3.63, 3.8) is 0 Å². The smallest absolute Gasteiger partial charge is 0.305 e. The SMILES string of the molecule is CCC(CC)(CC(=O)O)NC(=O)CN1CCCCCCC1=O. The van der Waals surface area contributed by atoms with Gasteiger partial charge < -0.3 is 15.3 Å². The van der Waals surface area contributed by atoms with Gasteiger partial charge in [0.15, 0.2) is 0 Å². The van der Waals surface area contributed by atoms with Gasteiger partial charge in [-0.2, -0.15) is 0 Å². The van der Waals surface area contributed by atoms with Crippen molar-refractivity contribution in [1.29, 1.82) is 0 Å². The van der Waals surface area contributed by atoms with Crippen molar-refractivity contribution in [2.75, 3.05) is 13.1 Å². The van der Waals surface area contributed by atoms with E-state index in [4.69, 9.17) is 5.11 Å². The summed E-state index contributed by atoms with van der Waals surface area (Å²) >= 11 is 0. The first-order valence-corrected chi connectivity index (χ1v) is 8.23. The summed E-state index contributed by atoms with van der Waals surface area (Å²) in [5, 5.41) is 11.9. The molecule has 1 heterocycles. The molecule has 2 N–H and O–H groups in total. The third-order valence-corrected chi connectivity index (χ3v) is 4.50. The average Bonchev–Trinajstić information content (AvgIpc) is 2.45. The first-order valence-electron chi connectivity index (χ1n) is 8.23. The molecule has 0 radical (unpaired) electrons. The van der Waals surface area contributed by atoms with Crippen molar-refractivity contribution in [2.24, 2.45) is 0 Å². The zero-order valence-corrected chi connectivity index (χ0v) is 13.7. The number of nitrogens with one attached hydrogen (secondary N) is 1. The Kier molecular flexibility index (Phi) is 7.35. The minimum absolute atomic E-state index is 0.0201. The Labute approximate surface area is 132 Å². The van der Waals surface area contributed by atoms with Crippen LogP contribution in [0.1, 0.15) is 65.2 Å². The number of carboxylic acid groups (broad SMARTS) is 1. The average molecular weight is 312 g/mol. The maximum atomic E-state index is 12.3. The van der Waals surface area contributed by atoms with Gasteiger partial charge in [-0.05, 0) is 25.7 Å². The normalized spacial score (nSPS) is 16.8. The largest absolute Gasteiger partial charge is 0.481 e. The van der Waals surface area contributed by atoms with Crippen molar-refractivity contribution in [1.82, 2.24) is 10.2 Å². The van der Waals surface area contributed by atoms with Crippen LogP contribution in [0.25, 0.3) is 0 Å². The molecule has 0 unspecified atom stereocenters. The lowest BCUT2D eigenvalue weighted by molar-refractivity contribution is -0.141. The lowest BCUT2D eigenvalue weighted by atomic mass is 9.89. The first kappa shape index (κ1) is 18.5. The van der Waals surface area contributed by atoms with Crippen LogP contribution in [0.4, 0.5) is 0 Å². The lowest BCUT2D eigenvalue weighted by Crippen LogP contribution is -2.52. The number of aliphatic carboxylic acids is 1. The van der Waals surface area contributed by atoms with Crippen molar-refractivity contribution in [2.45, 2.75) is 70.8 Å². The fourth-order valence-corrected chi connectivity index (χ4v) is 2.90. The molecule has 0 aromatic heterocycles. The summed E-state index contributed by atoms with van der Waals surface area (Å²) in [5.41, 5.74) is -0.727. The number of hydrogen-bond donors (Lipinski definition) is 2. The second kappa shape index (κ2) is 8.76. The summed E-state index contributed by atoms with van der Waals surface area (Å²) in [4.78, 5) is 36.9. The lowest BCUT2D eigenvalue weighted by Gasteiger charge is -2.33. The molecule has 0 aromatic carbocycles. The van der Waals surface area contributed by atoms with E-state index in [2.05, 4.69) is 5.32 Å². The van der Waals surface area contributed by atoms with Crippen molar-refractivity contribution in [3.8, 4) is 0 Å². The summed E-state index contributed by atoms with van der Waals surface area (Å²) in [7, 11) is 0. The van der Waals surface area contributed by atoms with Gasteiger partial charge in [0.2, 0.25) is 11.8 Å². The molecule has 0 aliphatic carbocycles. The molecule has 0 saturated carbocycles. The van der Waals surface area contributed by atoms with E-state index in [0.29, 0.717) is 25.8 Å². The van der Waals surface area contributed by atoms with E-state index < -0.39 is 11.5 Å². The highest BCUT2D eigenvalue weighted by molar-refractivity contribution is 5.85. The Balaban J connectivity index is 2.65. The Morgan fingerprint density at radius 2 is 1.82 bits per heavy atom. The van der Waals surface area contributed by atoms with E-state index in [1.165, 1.54) is 0 Å². The monoisotopic (exact) mass is 312 g/mol. The van der Waals surface area contributed by atoms with Crippen LogP contribution in [0, 0.1) is 0 Å². The van der Waals surface area contributed by atoms with Crippen molar-refractivity contribution >= 4 is 17.8 Å². The van der Waals surface area contributed by atoms with Gasteiger partial charge >= 0.3 is 5.97 Å². The van der Waals surface area contributed by atoms with Crippen LogP contribution < -0.4 is 5.32 Å². The molecule has 22 heavy (non-hydrogen) atoms. The third-order valence-electron chi connectivity index (χ3n) is 4.50. The van der Waals surface area contributed by atoms with Crippen LogP contribution in [-0.4, -0.2) is 46.4 Å². The molecule has 1 rings (SSSR count).